The molecule has 1 aromatic rings. The Morgan fingerprint density at radius 2 is 1.71 bits per heavy atom. The summed E-state index contributed by atoms with van der Waals surface area (Å²) in [5, 5.41) is 27.7. The topological polar surface area (TPSA) is 60.7 Å². The van der Waals surface area contributed by atoms with E-state index in [2.05, 4.69) is 12.6 Å². The average Bonchev–Trinajstić information content (AvgIpc) is 2.27. The minimum absolute atomic E-state index is 0.0223. The molecule has 2 atom stereocenters. The Labute approximate surface area is 88.4 Å². The first-order chi connectivity index (χ1) is 6.69. The number of hydrogen-bond acceptors (Lipinski definition) is 4. The molecule has 0 aliphatic heterocycles. The predicted molar refractivity (Wildman–Crippen MR) is 57.2 cm³/mol. The first-order valence-corrected chi connectivity index (χ1v) is 4.99. The van der Waals surface area contributed by atoms with Crippen molar-refractivity contribution in [2.24, 2.45) is 0 Å². The molecule has 0 heterocycles. The fraction of sp³-hybridized carbons (Fsp3) is 0.400. The first kappa shape index (κ1) is 11.5. The number of benzene rings is 1. The summed E-state index contributed by atoms with van der Waals surface area (Å²) in [5.74, 6) is 0.211. The summed E-state index contributed by atoms with van der Waals surface area (Å²) in [6, 6.07) is 6.79. The van der Waals surface area contributed by atoms with Crippen LogP contribution in [0.15, 0.2) is 24.3 Å². The van der Waals surface area contributed by atoms with Gasteiger partial charge in [-0.05, 0) is 11.1 Å². The molecule has 2 unspecified atom stereocenters. The van der Waals surface area contributed by atoms with Crippen molar-refractivity contribution in [1.29, 1.82) is 0 Å². The van der Waals surface area contributed by atoms with E-state index in [1.807, 2.05) is 0 Å². The van der Waals surface area contributed by atoms with Gasteiger partial charge in [0, 0.05) is 5.75 Å². The Morgan fingerprint density at radius 1 is 1.14 bits per heavy atom. The third-order valence-corrected chi connectivity index (χ3v) is 2.43. The van der Waals surface area contributed by atoms with Crippen LogP contribution in [0.3, 0.4) is 0 Å². The molecular formula is C10H14O3S. The predicted octanol–water partition coefficient (Wildman–Crippen LogP) is 0.503. The van der Waals surface area contributed by atoms with Crippen LogP contribution < -0.4 is 0 Å². The maximum Gasteiger partial charge on any atom is 0.106 e. The van der Waals surface area contributed by atoms with E-state index >= 15 is 0 Å². The van der Waals surface area contributed by atoms with Gasteiger partial charge in [0.25, 0.3) is 0 Å². The van der Waals surface area contributed by atoms with Crippen molar-refractivity contribution >= 4 is 12.6 Å². The van der Waals surface area contributed by atoms with Gasteiger partial charge in [0.1, 0.15) is 6.10 Å². The molecule has 1 aromatic carbocycles. The maximum atomic E-state index is 9.59. The van der Waals surface area contributed by atoms with E-state index in [0.717, 1.165) is 5.56 Å². The van der Waals surface area contributed by atoms with Crippen molar-refractivity contribution in [2.75, 3.05) is 5.75 Å². The monoisotopic (exact) mass is 214 g/mol. The maximum absolute atomic E-state index is 9.59. The molecule has 0 aromatic heterocycles. The Kier molecular flexibility index (Phi) is 4.41. The van der Waals surface area contributed by atoms with Crippen molar-refractivity contribution in [3.63, 3.8) is 0 Å². The van der Waals surface area contributed by atoms with E-state index in [1.54, 1.807) is 24.3 Å². The molecular weight excluding hydrogens is 200 g/mol. The molecule has 0 saturated heterocycles. The lowest BCUT2D eigenvalue weighted by Gasteiger charge is -2.16. The second-order valence-corrected chi connectivity index (χ2v) is 3.46. The van der Waals surface area contributed by atoms with Crippen molar-refractivity contribution < 1.29 is 15.3 Å². The van der Waals surface area contributed by atoms with E-state index in [9.17, 15) is 10.2 Å². The van der Waals surface area contributed by atoms with Crippen LogP contribution in [0.5, 0.6) is 0 Å². The molecule has 3 N–H and O–H groups in total. The molecule has 0 bridgehead atoms. The van der Waals surface area contributed by atoms with Crippen molar-refractivity contribution in [2.45, 2.75) is 18.8 Å². The number of aliphatic hydroxyl groups is 3. The van der Waals surface area contributed by atoms with Gasteiger partial charge in [0.15, 0.2) is 0 Å². The third kappa shape index (κ3) is 2.72. The number of thiol groups is 1. The normalized spacial score (nSPS) is 15.1. The summed E-state index contributed by atoms with van der Waals surface area (Å²) in [4.78, 5) is 0. The minimum Gasteiger partial charge on any atom is -0.392 e. The van der Waals surface area contributed by atoms with Crippen LogP contribution in [0.2, 0.25) is 0 Å². The van der Waals surface area contributed by atoms with Crippen LogP contribution >= 0.6 is 12.6 Å². The SMILES string of the molecule is OCc1ccc(C(O)C(O)CS)cc1. The number of hydrogen-bond donors (Lipinski definition) is 4. The highest BCUT2D eigenvalue weighted by Crippen LogP contribution is 2.18. The van der Waals surface area contributed by atoms with Gasteiger partial charge >= 0.3 is 0 Å². The largest absolute Gasteiger partial charge is 0.392 e. The fourth-order valence-electron chi connectivity index (χ4n) is 1.14. The van der Waals surface area contributed by atoms with Crippen LogP contribution in [-0.2, 0) is 6.61 Å². The van der Waals surface area contributed by atoms with Gasteiger partial charge in [-0.25, -0.2) is 0 Å². The lowest BCUT2D eigenvalue weighted by Crippen LogP contribution is -2.19. The fourth-order valence-corrected chi connectivity index (χ4v) is 1.34. The zero-order valence-electron chi connectivity index (χ0n) is 7.67. The van der Waals surface area contributed by atoms with Crippen LogP contribution in [-0.4, -0.2) is 27.2 Å². The summed E-state index contributed by atoms with van der Waals surface area (Å²) in [7, 11) is 0. The molecule has 4 heteroatoms. The molecule has 0 saturated carbocycles. The summed E-state index contributed by atoms with van der Waals surface area (Å²) < 4.78 is 0. The standard InChI is InChI=1S/C10H14O3S/c11-5-7-1-3-8(4-2-7)10(13)9(12)6-14/h1-4,9-14H,5-6H2. The zero-order chi connectivity index (χ0) is 10.6. The highest BCUT2D eigenvalue weighted by molar-refractivity contribution is 7.80. The van der Waals surface area contributed by atoms with E-state index in [-0.39, 0.29) is 12.4 Å². The number of aliphatic hydroxyl groups excluding tert-OH is 3. The Balaban J connectivity index is 2.75. The van der Waals surface area contributed by atoms with Gasteiger partial charge in [-0.15, -0.1) is 0 Å². The van der Waals surface area contributed by atoms with E-state index < -0.39 is 12.2 Å². The smallest absolute Gasteiger partial charge is 0.106 e. The molecule has 0 aliphatic carbocycles. The van der Waals surface area contributed by atoms with Gasteiger partial charge in [0.05, 0.1) is 12.7 Å². The van der Waals surface area contributed by atoms with Crippen molar-refractivity contribution in [3.05, 3.63) is 35.4 Å². The zero-order valence-corrected chi connectivity index (χ0v) is 8.56. The molecule has 0 fully saturated rings. The van der Waals surface area contributed by atoms with Crippen LogP contribution in [0, 0.1) is 0 Å². The summed E-state index contributed by atoms with van der Waals surface area (Å²) in [6.45, 7) is -0.0223. The molecule has 0 spiro atoms. The highest BCUT2D eigenvalue weighted by Gasteiger charge is 2.16. The molecule has 3 nitrogen and oxygen atoms in total. The molecule has 0 aliphatic rings. The van der Waals surface area contributed by atoms with Crippen molar-refractivity contribution in [3.8, 4) is 0 Å². The minimum atomic E-state index is -0.916. The van der Waals surface area contributed by atoms with Crippen LogP contribution in [0.4, 0.5) is 0 Å². The molecule has 14 heavy (non-hydrogen) atoms. The van der Waals surface area contributed by atoms with Crippen molar-refractivity contribution in [1.82, 2.24) is 0 Å². The average molecular weight is 214 g/mol. The van der Waals surface area contributed by atoms with Gasteiger partial charge in [-0.1, -0.05) is 24.3 Å². The quantitative estimate of drug-likeness (QED) is 0.552. The highest BCUT2D eigenvalue weighted by atomic mass is 32.1. The van der Waals surface area contributed by atoms with Gasteiger partial charge in [0.2, 0.25) is 0 Å². The second-order valence-electron chi connectivity index (χ2n) is 3.09. The van der Waals surface area contributed by atoms with Crippen LogP contribution in [0.25, 0.3) is 0 Å². The Bertz CT molecular complexity index is 273. The molecule has 0 amide bonds. The Hall–Kier alpha value is -0.550. The van der Waals surface area contributed by atoms with Gasteiger partial charge in [-0.2, -0.15) is 12.6 Å². The van der Waals surface area contributed by atoms with Crippen LogP contribution in [0.1, 0.15) is 17.2 Å². The summed E-state index contributed by atoms with van der Waals surface area (Å²) in [5.41, 5.74) is 1.41. The van der Waals surface area contributed by atoms with Gasteiger partial charge < -0.3 is 15.3 Å². The summed E-state index contributed by atoms with van der Waals surface area (Å²) in [6.07, 6.45) is -1.78. The summed E-state index contributed by atoms with van der Waals surface area (Å²) >= 11 is 3.89. The molecule has 0 radical (unpaired) electrons. The van der Waals surface area contributed by atoms with E-state index in [0.29, 0.717) is 5.56 Å². The van der Waals surface area contributed by atoms with Gasteiger partial charge in [-0.3, -0.25) is 0 Å². The Morgan fingerprint density at radius 3 is 2.14 bits per heavy atom. The van der Waals surface area contributed by atoms with E-state index in [4.69, 9.17) is 5.11 Å². The lowest BCUT2D eigenvalue weighted by atomic mass is 10.0. The molecule has 78 valence electrons. The molecule has 1 rings (SSSR count). The lowest BCUT2D eigenvalue weighted by molar-refractivity contribution is 0.0337. The number of rotatable bonds is 4. The third-order valence-electron chi connectivity index (χ3n) is 2.06. The first-order valence-electron chi connectivity index (χ1n) is 4.35. The second kappa shape index (κ2) is 5.36. The van der Waals surface area contributed by atoms with E-state index in [1.165, 1.54) is 0 Å².